The van der Waals surface area contributed by atoms with Gasteiger partial charge < -0.3 is 25.0 Å². The summed E-state index contributed by atoms with van der Waals surface area (Å²) < 4.78 is 10.9. The molecule has 2 aliphatic heterocycles. The van der Waals surface area contributed by atoms with Gasteiger partial charge in [0, 0.05) is 37.9 Å². The van der Waals surface area contributed by atoms with Gasteiger partial charge in [0.15, 0.2) is 11.5 Å². The highest BCUT2D eigenvalue weighted by atomic mass is 16.7. The summed E-state index contributed by atoms with van der Waals surface area (Å²) >= 11 is 0. The van der Waals surface area contributed by atoms with Gasteiger partial charge in [0.2, 0.25) is 18.6 Å². The molecule has 7 nitrogen and oxygen atoms in total. The Bertz CT molecular complexity index is 761. The van der Waals surface area contributed by atoms with Crippen molar-refractivity contribution in [2.75, 3.05) is 37.9 Å². The fraction of sp³-hybridized carbons (Fsp3) is 0.652. The van der Waals surface area contributed by atoms with E-state index in [1.807, 2.05) is 30.0 Å². The molecule has 166 valence electrons. The molecule has 1 saturated heterocycles. The van der Waals surface area contributed by atoms with E-state index in [-0.39, 0.29) is 12.7 Å². The maximum atomic E-state index is 13.5. The monoisotopic (exact) mass is 417 g/mol. The molecule has 0 saturated carbocycles. The second-order valence-electron chi connectivity index (χ2n) is 8.57. The van der Waals surface area contributed by atoms with Crippen molar-refractivity contribution in [2.24, 2.45) is 17.1 Å². The Morgan fingerprint density at radius 1 is 1.10 bits per heavy atom. The smallest absolute Gasteiger partial charge is 0.238 e. The van der Waals surface area contributed by atoms with Gasteiger partial charge in [0.25, 0.3) is 0 Å². The van der Waals surface area contributed by atoms with Crippen LogP contribution in [0.1, 0.15) is 52.9 Å². The first kappa shape index (κ1) is 22.2. The van der Waals surface area contributed by atoms with Gasteiger partial charge in [-0.1, -0.05) is 33.6 Å². The minimum atomic E-state index is -1.08. The van der Waals surface area contributed by atoms with Crippen LogP contribution in [0.3, 0.4) is 0 Å². The SMILES string of the molecule is CCC[C@](CC[C@H](C)CC)(C(N)=O)C(=O)N1CCN(c2ccc3c(c2)OCO3)CC1. The number of primary amides is 1. The third-order valence-electron chi connectivity index (χ3n) is 6.61. The second kappa shape index (κ2) is 9.58. The van der Waals surface area contributed by atoms with Crippen LogP contribution >= 0.6 is 0 Å². The van der Waals surface area contributed by atoms with Crippen LogP contribution in [0.4, 0.5) is 5.69 Å². The maximum Gasteiger partial charge on any atom is 0.238 e. The third kappa shape index (κ3) is 4.50. The lowest BCUT2D eigenvalue weighted by Crippen LogP contribution is -2.56. The fourth-order valence-corrected chi connectivity index (χ4v) is 4.37. The van der Waals surface area contributed by atoms with E-state index >= 15 is 0 Å². The number of hydrogen-bond donors (Lipinski definition) is 1. The van der Waals surface area contributed by atoms with E-state index < -0.39 is 11.3 Å². The van der Waals surface area contributed by atoms with Gasteiger partial charge in [0.1, 0.15) is 5.41 Å². The summed E-state index contributed by atoms with van der Waals surface area (Å²) in [6.07, 6.45) is 3.67. The van der Waals surface area contributed by atoms with Crippen molar-refractivity contribution in [1.29, 1.82) is 0 Å². The van der Waals surface area contributed by atoms with E-state index in [1.54, 1.807) is 0 Å². The number of fused-ring (bicyclic) bond motifs is 1. The highest BCUT2D eigenvalue weighted by Crippen LogP contribution is 2.37. The summed E-state index contributed by atoms with van der Waals surface area (Å²) in [5.41, 5.74) is 5.81. The Labute approximate surface area is 179 Å². The summed E-state index contributed by atoms with van der Waals surface area (Å²) in [6.45, 7) is 9.12. The van der Waals surface area contributed by atoms with Gasteiger partial charge in [-0.3, -0.25) is 9.59 Å². The molecule has 30 heavy (non-hydrogen) atoms. The summed E-state index contributed by atoms with van der Waals surface area (Å²) in [4.78, 5) is 30.1. The van der Waals surface area contributed by atoms with Crippen LogP contribution in [0.5, 0.6) is 11.5 Å². The standard InChI is InChI=1S/C23H35N3O4/c1-4-9-23(21(24)27,10-8-17(3)5-2)22(28)26-13-11-25(12-14-26)18-6-7-19-20(15-18)30-16-29-19/h6-7,15,17H,4-5,8-14,16H2,1-3H3,(H2,24,27)/t17-,23+/m1/s1. The van der Waals surface area contributed by atoms with Crippen LogP contribution in [0.25, 0.3) is 0 Å². The predicted octanol–water partition coefficient (Wildman–Crippen LogP) is 3.16. The molecule has 2 N–H and O–H groups in total. The third-order valence-corrected chi connectivity index (χ3v) is 6.61. The number of anilines is 1. The van der Waals surface area contributed by atoms with E-state index in [9.17, 15) is 9.59 Å². The number of rotatable bonds is 9. The fourth-order valence-electron chi connectivity index (χ4n) is 4.37. The van der Waals surface area contributed by atoms with Gasteiger partial charge in [-0.15, -0.1) is 0 Å². The van der Waals surface area contributed by atoms with Crippen molar-refractivity contribution in [2.45, 2.75) is 52.9 Å². The van der Waals surface area contributed by atoms with Crippen LogP contribution in [0, 0.1) is 11.3 Å². The zero-order chi connectivity index (χ0) is 21.7. The molecule has 0 bridgehead atoms. The molecule has 7 heteroatoms. The normalized spacial score (nSPS) is 18.8. The molecular weight excluding hydrogens is 382 g/mol. The van der Waals surface area contributed by atoms with Crippen molar-refractivity contribution >= 4 is 17.5 Å². The number of hydrogen-bond acceptors (Lipinski definition) is 5. The van der Waals surface area contributed by atoms with Gasteiger partial charge in [-0.25, -0.2) is 0 Å². The summed E-state index contributed by atoms with van der Waals surface area (Å²) in [5.74, 6) is 1.42. The lowest BCUT2D eigenvalue weighted by molar-refractivity contribution is -0.151. The van der Waals surface area contributed by atoms with Crippen molar-refractivity contribution in [3.05, 3.63) is 18.2 Å². The van der Waals surface area contributed by atoms with Gasteiger partial charge in [-0.2, -0.15) is 0 Å². The molecule has 0 unspecified atom stereocenters. The molecule has 3 rings (SSSR count). The van der Waals surface area contributed by atoms with Crippen LogP contribution in [0.2, 0.25) is 0 Å². The number of amides is 2. The Morgan fingerprint density at radius 2 is 1.80 bits per heavy atom. The van der Waals surface area contributed by atoms with E-state index in [2.05, 4.69) is 18.7 Å². The van der Waals surface area contributed by atoms with E-state index in [0.29, 0.717) is 44.9 Å². The van der Waals surface area contributed by atoms with Crippen molar-refractivity contribution in [3.8, 4) is 11.5 Å². The maximum absolute atomic E-state index is 13.5. The van der Waals surface area contributed by atoms with Crippen LogP contribution < -0.4 is 20.1 Å². The largest absolute Gasteiger partial charge is 0.454 e. The first-order valence-corrected chi connectivity index (χ1v) is 11.1. The average Bonchev–Trinajstić information content (AvgIpc) is 3.23. The number of ether oxygens (including phenoxy) is 2. The molecule has 2 heterocycles. The zero-order valence-electron chi connectivity index (χ0n) is 18.5. The highest BCUT2D eigenvalue weighted by Gasteiger charge is 2.46. The molecule has 0 aromatic heterocycles. The van der Waals surface area contributed by atoms with Crippen molar-refractivity contribution < 1.29 is 19.1 Å². The molecule has 2 atom stereocenters. The van der Waals surface area contributed by atoms with Crippen molar-refractivity contribution in [3.63, 3.8) is 0 Å². The molecular formula is C23H35N3O4. The first-order valence-electron chi connectivity index (χ1n) is 11.1. The number of carbonyl (C=O) groups excluding carboxylic acids is 2. The molecule has 2 aliphatic rings. The van der Waals surface area contributed by atoms with E-state index in [4.69, 9.17) is 15.2 Å². The Hall–Kier alpha value is -2.44. The predicted molar refractivity (Wildman–Crippen MR) is 117 cm³/mol. The quantitative estimate of drug-likeness (QED) is 0.624. The molecule has 1 fully saturated rings. The summed E-state index contributed by atoms with van der Waals surface area (Å²) in [6, 6.07) is 5.92. The molecule has 0 spiro atoms. The number of nitrogens with zero attached hydrogens (tertiary/aromatic N) is 2. The summed E-state index contributed by atoms with van der Waals surface area (Å²) in [5, 5.41) is 0. The molecule has 0 radical (unpaired) electrons. The summed E-state index contributed by atoms with van der Waals surface area (Å²) in [7, 11) is 0. The van der Waals surface area contributed by atoms with Gasteiger partial charge in [0.05, 0.1) is 0 Å². The lowest BCUT2D eigenvalue weighted by atomic mass is 9.75. The molecule has 1 aromatic carbocycles. The van der Waals surface area contributed by atoms with E-state index in [1.165, 1.54) is 0 Å². The second-order valence-corrected chi connectivity index (χ2v) is 8.57. The molecule has 2 amide bonds. The lowest BCUT2D eigenvalue weighted by Gasteiger charge is -2.41. The Kier molecular flexibility index (Phi) is 7.10. The van der Waals surface area contributed by atoms with Gasteiger partial charge in [-0.05, 0) is 37.3 Å². The highest BCUT2D eigenvalue weighted by molar-refractivity contribution is 6.04. The number of carbonyl (C=O) groups is 2. The first-order chi connectivity index (χ1) is 14.4. The van der Waals surface area contributed by atoms with E-state index in [0.717, 1.165) is 36.4 Å². The van der Waals surface area contributed by atoms with Crippen LogP contribution in [-0.4, -0.2) is 49.7 Å². The Balaban J connectivity index is 1.68. The topological polar surface area (TPSA) is 85.1 Å². The zero-order valence-corrected chi connectivity index (χ0v) is 18.5. The van der Waals surface area contributed by atoms with Crippen molar-refractivity contribution in [1.82, 2.24) is 4.90 Å². The molecule has 1 aromatic rings. The minimum absolute atomic E-state index is 0.0921. The molecule has 0 aliphatic carbocycles. The minimum Gasteiger partial charge on any atom is -0.454 e. The van der Waals surface area contributed by atoms with Gasteiger partial charge >= 0.3 is 0 Å². The number of benzene rings is 1. The Morgan fingerprint density at radius 3 is 2.43 bits per heavy atom. The average molecular weight is 418 g/mol. The number of nitrogens with two attached hydrogens (primary N) is 1. The van der Waals surface area contributed by atoms with Crippen LogP contribution in [0.15, 0.2) is 18.2 Å². The number of piperazine rings is 1. The van der Waals surface area contributed by atoms with Crippen LogP contribution in [-0.2, 0) is 9.59 Å².